The van der Waals surface area contributed by atoms with Crippen LogP contribution in [-0.4, -0.2) is 24.5 Å². The Balaban J connectivity index is 1.05. The van der Waals surface area contributed by atoms with Crippen LogP contribution in [0.1, 0.15) is 17.9 Å². The van der Waals surface area contributed by atoms with Gasteiger partial charge in [0.1, 0.15) is 11.5 Å². The molecule has 1 aliphatic heterocycles. The Kier molecular flexibility index (Phi) is 6.89. The maximum absolute atomic E-state index is 6.60. The summed E-state index contributed by atoms with van der Waals surface area (Å²) in [6.45, 7) is 0. The number of nitrogens with zero attached hydrogens (tertiary/aromatic N) is 5. The van der Waals surface area contributed by atoms with Gasteiger partial charge in [-0.15, -0.1) is 0 Å². The van der Waals surface area contributed by atoms with E-state index in [4.69, 9.17) is 24.7 Å². The summed E-state index contributed by atoms with van der Waals surface area (Å²) in [7, 11) is 0. The summed E-state index contributed by atoms with van der Waals surface area (Å²) in [5, 5.41) is 3.44. The zero-order chi connectivity index (χ0) is 35.6. The fraction of sp³-hybridized carbons (Fsp3) is 0.0417. The lowest BCUT2D eigenvalue weighted by Gasteiger charge is -2.15. The number of hydrogen-bond donors (Lipinski definition) is 0. The molecule has 1 atom stereocenters. The van der Waals surface area contributed by atoms with Crippen LogP contribution in [0.5, 0.6) is 5.75 Å². The first-order valence-electron chi connectivity index (χ1n) is 18.3. The highest BCUT2D eigenvalue weighted by Gasteiger charge is 2.35. The van der Waals surface area contributed by atoms with Gasteiger partial charge in [0, 0.05) is 49.7 Å². The molecule has 6 heteroatoms. The molecule has 0 amide bonds. The van der Waals surface area contributed by atoms with Gasteiger partial charge in [0.25, 0.3) is 0 Å². The second kappa shape index (κ2) is 12.2. The van der Waals surface area contributed by atoms with Crippen molar-refractivity contribution in [2.75, 3.05) is 0 Å². The van der Waals surface area contributed by atoms with Gasteiger partial charge >= 0.3 is 0 Å². The molecule has 0 saturated carbocycles. The Morgan fingerprint density at radius 2 is 1.09 bits per heavy atom. The lowest BCUT2D eigenvalue weighted by Crippen LogP contribution is -2.02. The van der Waals surface area contributed by atoms with Gasteiger partial charge in [-0.25, -0.2) is 19.9 Å². The number of aromatic nitrogens is 5. The molecule has 2 aliphatic rings. The van der Waals surface area contributed by atoms with Gasteiger partial charge in [0.15, 0.2) is 17.5 Å². The van der Waals surface area contributed by atoms with E-state index in [2.05, 4.69) is 138 Å². The van der Waals surface area contributed by atoms with E-state index in [-0.39, 0.29) is 5.92 Å². The van der Waals surface area contributed by atoms with Crippen LogP contribution in [0, 0.1) is 0 Å². The van der Waals surface area contributed by atoms with E-state index < -0.39 is 0 Å². The summed E-state index contributed by atoms with van der Waals surface area (Å²) in [4.78, 5) is 20.5. The summed E-state index contributed by atoms with van der Waals surface area (Å²) in [6.07, 6.45) is 7.25. The van der Waals surface area contributed by atoms with Crippen molar-refractivity contribution in [1.29, 1.82) is 0 Å². The fourth-order valence-corrected chi connectivity index (χ4v) is 8.04. The molecule has 11 rings (SSSR count). The molecule has 9 aromatic rings. The third kappa shape index (κ3) is 4.88. The summed E-state index contributed by atoms with van der Waals surface area (Å²) >= 11 is 0. The van der Waals surface area contributed by atoms with Gasteiger partial charge < -0.3 is 9.30 Å². The van der Waals surface area contributed by atoms with Crippen molar-refractivity contribution < 1.29 is 4.74 Å². The summed E-state index contributed by atoms with van der Waals surface area (Å²) in [5.41, 5.74) is 10.1. The predicted molar refractivity (Wildman–Crippen MR) is 216 cm³/mol. The average molecular weight is 694 g/mol. The van der Waals surface area contributed by atoms with Crippen molar-refractivity contribution in [1.82, 2.24) is 24.5 Å². The Labute approximate surface area is 311 Å². The van der Waals surface area contributed by atoms with Crippen molar-refractivity contribution in [2.24, 2.45) is 0 Å². The normalized spacial score (nSPS) is 14.6. The number of fused-ring (bicyclic) bond motifs is 8. The summed E-state index contributed by atoms with van der Waals surface area (Å²) in [6, 6.07) is 52.3. The Hall–Kier alpha value is -7.18. The Morgan fingerprint density at radius 1 is 0.519 bits per heavy atom. The molecule has 0 spiro atoms. The van der Waals surface area contributed by atoms with Crippen molar-refractivity contribution in [3.63, 3.8) is 0 Å². The molecule has 0 fully saturated rings. The number of ether oxygens (including phenoxy) is 1. The van der Waals surface area contributed by atoms with Gasteiger partial charge in [-0.1, -0.05) is 115 Å². The minimum atomic E-state index is 0.151. The summed E-state index contributed by atoms with van der Waals surface area (Å²) in [5.74, 6) is 3.80. The lowest BCUT2D eigenvalue weighted by molar-refractivity contribution is 0.429. The number of rotatable bonds is 5. The standard InChI is InChI=1S/C48H31N5O/c1-3-13-30(14-4-1)44-43-38-19-9-12-22-42(38)54-45(43)37-28-25-33(29-39(37)49-44)48-51-46(31-15-5-2-6-16-31)50-47(52-48)32-23-26-34(27-24-32)53-40-20-10-7-17-35(40)36-18-8-11-21-41(36)53/h1-18,20-29,38H,19H2. The van der Waals surface area contributed by atoms with Crippen molar-refractivity contribution in [3.05, 3.63) is 181 Å². The van der Waals surface area contributed by atoms with Gasteiger partial charge in [0.05, 0.1) is 28.2 Å². The number of benzene rings is 6. The highest BCUT2D eigenvalue weighted by Crippen LogP contribution is 2.51. The molecule has 6 nitrogen and oxygen atoms in total. The van der Waals surface area contributed by atoms with E-state index in [1.165, 1.54) is 21.8 Å². The van der Waals surface area contributed by atoms with E-state index in [1.54, 1.807) is 0 Å². The first-order chi connectivity index (χ1) is 26.8. The zero-order valence-electron chi connectivity index (χ0n) is 29.1. The van der Waals surface area contributed by atoms with E-state index in [9.17, 15) is 0 Å². The molecule has 0 bridgehead atoms. The molecule has 1 aliphatic carbocycles. The van der Waals surface area contributed by atoms with Crippen LogP contribution < -0.4 is 4.74 Å². The Morgan fingerprint density at radius 3 is 1.78 bits per heavy atom. The minimum Gasteiger partial charge on any atom is -0.460 e. The Bertz CT molecular complexity index is 2930. The monoisotopic (exact) mass is 693 g/mol. The van der Waals surface area contributed by atoms with Gasteiger partial charge in [-0.05, 0) is 61.0 Å². The van der Waals surface area contributed by atoms with Crippen LogP contribution in [0.3, 0.4) is 0 Å². The van der Waals surface area contributed by atoms with Gasteiger partial charge in [0.2, 0.25) is 0 Å². The molecule has 0 N–H and O–H groups in total. The largest absolute Gasteiger partial charge is 0.460 e. The molecular formula is C48H31N5O. The van der Waals surface area contributed by atoms with Gasteiger partial charge in [-0.3, -0.25) is 0 Å². The number of para-hydroxylation sites is 2. The van der Waals surface area contributed by atoms with Crippen LogP contribution in [0.2, 0.25) is 0 Å². The fourth-order valence-electron chi connectivity index (χ4n) is 8.04. The number of pyridine rings is 1. The van der Waals surface area contributed by atoms with Crippen LogP contribution in [0.4, 0.5) is 0 Å². The van der Waals surface area contributed by atoms with Crippen LogP contribution in [0.15, 0.2) is 176 Å². The smallest absolute Gasteiger partial charge is 0.164 e. The molecule has 0 radical (unpaired) electrons. The van der Waals surface area contributed by atoms with Crippen LogP contribution in [0.25, 0.3) is 83.8 Å². The molecule has 254 valence electrons. The molecule has 4 heterocycles. The maximum Gasteiger partial charge on any atom is 0.164 e. The zero-order valence-corrected chi connectivity index (χ0v) is 29.1. The third-order valence-electron chi connectivity index (χ3n) is 10.6. The molecule has 54 heavy (non-hydrogen) atoms. The van der Waals surface area contributed by atoms with E-state index in [0.717, 1.165) is 68.0 Å². The van der Waals surface area contributed by atoms with Gasteiger partial charge in [-0.2, -0.15) is 0 Å². The van der Waals surface area contributed by atoms with Crippen LogP contribution >= 0.6 is 0 Å². The minimum absolute atomic E-state index is 0.151. The molecule has 0 saturated heterocycles. The second-order valence-corrected chi connectivity index (χ2v) is 13.8. The van der Waals surface area contributed by atoms with Crippen molar-refractivity contribution in [2.45, 2.75) is 12.3 Å². The second-order valence-electron chi connectivity index (χ2n) is 13.8. The maximum atomic E-state index is 6.60. The SMILES string of the molecule is C1=CCC2C(=C1)Oc1c2c(-c2ccccc2)nc2cc(-c3nc(-c4ccccc4)nc(-c4ccc(-n5c6ccccc6c6ccccc65)cc4)n3)ccc12. The van der Waals surface area contributed by atoms with E-state index in [1.807, 2.05) is 36.4 Å². The van der Waals surface area contributed by atoms with Crippen molar-refractivity contribution >= 4 is 32.7 Å². The summed E-state index contributed by atoms with van der Waals surface area (Å²) < 4.78 is 8.91. The average Bonchev–Trinajstić information content (AvgIpc) is 3.80. The highest BCUT2D eigenvalue weighted by atomic mass is 16.5. The molecule has 6 aromatic carbocycles. The predicted octanol–water partition coefficient (Wildman–Crippen LogP) is 11.5. The molecular weight excluding hydrogens is 663 g/mol. The van der Waals surface area contributed by atoms with E-state index >= 15 is 0 Å². The topological polar surface area (TPSA) is 65.7 Å². The highest BCUT2D eigenvalue weighted by molar-refractivity contribution is 6.09. The quantitative estimate of drug-likeness (QED) is 0.179. The van der Waals surface area contributed by atoms with Crippen LogP contribution in [-0.2, 0) is 0 Å². The number of hydrogen-bond acceptors (Lipinski definition) is 5. The van der Waals surface area contributed by atoms with Crippen molar-refractivity contribution in [3.8, 4) is 56.9 Å². The molecule has 1 unspecified atom stereocenters. The first-order valence-corrected chi connectivity index (χ1v) is 18.3. The molecule has 3 aromatic heterocycles. The third-order valence-corrected chi connectivity index (χ3v) is 10.6. The lowest BCUT2D eigenvalue weighted by atomic mass is 9.88. The van der Waals surface area contributed by atoms with E-state index in [0.29, 0.717) is 17.5 Å². The first kappa shape index (κ1) is 30.4. The number of allylic oxidation sites excluding steroid dienone is 4.